The number of anilines is 1. The molecule has 10 heteroatoms. The summed E-state index contributed by atoms with van der Waals surface area (Å²) in [4.78, 5) is 44.0. The first kappa shape index (κ1) is 21.3. The Kier molecular flexibility index (Phi) is 6.36. The van der Waals surface area contributed by atoms with Crippen LogP contribution in [0.1, 0.15) is 12.0 Å². The lowest BCUT2D eigenvalue weighted by Crippen LogP contribution is -2.37. The van der Waals surface area contributed by atoms with Crippen LogP contribution in [0.15, 0.2) is 39.9 Å². The van der Waals surface area contributed by atoms with Gasteiger partial charge in [-0.25, -0.2) is 9.59 Å². The van der Waals surface area contributed by atoms with Gasteiger partial charge in [0.1, 0.15) is 0 Å². The predicted octanol–water partition coefficient (Wildman–Crippen LogP) is 0.707. The monoisotopic (exact) mass is 413 g/mol. The molecule has 0 fully saturated rings. The Morgan fingerprint density at radius 2 is 1.80 bits per heavy atom. The van der Waals surface area contributed by atoms with Crippen LogP contribution in [0.2, 0.25) is 0 Å². The number of carbonyl (C=O) groups is 1. The standard InChI is InChI=1S/C20H27N7O3/c1-24(2)11-8-12-27-15-16(25(3)20(30)26(4)17(15)28)22-18(27)23-19(29)21-13-14-9-6-5-7-10-14/h5-7,9-10H,8,11-13H2,1-4H3,(H2,21,22,23,29). The highest BCUT2D eigenvalue weighted by Gasteiger charge is 2.20. The number of carbonyl (C=O) groups excluding carboxylic acids is 1. The third-order valence-corrected chi connectivity index (χ3v) is 4.86. The fourth-order valence-electron chi connectivity index (χ4n) is 3.23. The van der Waals surface area contributed by atoms with E-state index < -0.39 is 17.3 Å². The molecule has 160 valence electrons. The van der Waals surface area contributed by atoms with Gasteiger partial charge >= 0.3 is 11.7 Å². The molecule has 0 aliphatic carbocycles. The minimum Gasteiger partial charge on any atom is -0.334 e. The molecular weight excluding hydrogens is 386 g/mol. The maximum absolute atomic E-state index is 12.8. The van der Waals surface area contributed by atoms with E-state index in [0.29, 0.717) is 13.1 Å². The number of rotatable bonds is 7. The number of imidazole rings is 1. The maximum Gasteiger partial charge on any atom is 0.332 e. The van der Waals surface area contributed by atoms with Crippen LogP contribution in [-0.2, 0) is 27.2 Å². The number of fused-ring (bicyclic) bond motifs is 1. The lowest BCUT2D eigenvalue weighted by molar-refractivity contribution is 0.251. The smallest absolute Gasteiger partial charge is 0.332 e. The van der Waals surface area contributed by atoms with Gasteiger partial charge in [0.15, 0.2) is 11.2 Å². The van der Waals surface area contributed by atoms with Crippen LogP contribution in [-0.4, -0.2) is 50.3 Å². The first-order valence-corrected chi connectivity index (χ1v) is 9.69. The molecule has 2 aromatic heterocycles. The van der Waals surface area contributed by atoms with Gasteiger partial charge in [-0.1, -0.05) is 30.3 Å². The average molecular weight is 413 g/mol. The molecule has 0 bridgehead atoms. The Labute approximate surface area is 173 Å². The van der Waals surface area contributed by atoms with E-state index in [1.807, 2.05) is 49.3 Å². The van der Waals surface area contributed by atoms with E-state index in [4.69, 9.17) is 0 Å². The Bertz CT molecular complexity index is 1160. The first-order chi connectivity index (χ1) is 14.3. The number of nitrogens with zero attached hydrogens (tertiary/aromatic N) is 5. The zero-order valence-electron chi connectivity index (χ0n) is 17.7. The Morgan fingerprint density at radius 1 is 1.10 bits per heavy atom. The van der Waals surface area contributed by atoms with Gasteiger partial charge in [0.25, 0.3) is 5.56 Å². The summed E-state index contributed by atoms with van der Waals surface area (Å²) >= 11 is 0. The molecule has 2 N–H and O–H groups in total. The molecule has 3 rings (SSSR count). The quantitative estimate of drug-likeness (QED) is 0.593. The van der Waals surface area contributed by atoms with Crippen LogP contribution in [0.25, 0.3) is 11.2 Å². The van der Waals surface area contributed by atoms with Gasteiger partial charge in [-0.05, 0) is 32.6 Å². The van der Waals surface area contributed by atoms with Crippen LogP contribution >= 0.6 is 0 Å². The van der Waals surface area contributed by atoms with Crippen molar-refractivity contribution in [2.24, 2.45) is 14.1 Å². The van der Waals surface area contributed by atoms with E-state index in [0.717, 1.165) is 23.1 Å². The molecule has 0 aliphatic rings. The number of hydrogen-bond donors (Lipinski definition) is 2. The van der Waals surface area contributed by atoms with Gasteiger partial charge in [-0.2, -0.15) is 4.98 Å². The van der Waals surface area contributed by atoms with Crippen molar-refractivity contribution >= 4 is 23.1 Å². The van der Waals surface area contributed by atoms with Gasteiger partial charge < -0.3 is 14.8 Å². The van der Waals surface area contributed by atoms with E-state index in [1.165, 1.54) is 11.6 Å². The van der Waals surface area contributed by atoms with E-state index in [9.17, 15) is 14.4 Å². The number of nitrogens with one attached hydrogen (secondary N) is 2. The van der Waals surface area contributed by atoms with Crippen molar-refractivity contribution in [3.05, 3.63) is 56.7 Å². The SMILES string of the molecule is CN(C)CCCn1c(NC(=O)NCc2ccccc2)nc2c1c(=O)n(C)c(=O)n2C. The molecule has 0 saturated carbocycles. The van der Waals surface area contributed by atoms with Gasteiger partial charge in [-0.15, -0.1) is 0 Å². The molecule has 0 spiro atoms. The summed E-state index contributed by atoms with van der Waals surface area (Å²) in [5, 5.41) is 5.51. The van der Waals surface area contributed by atoms with E-state index in [-0.39, 0.29) is 17.1 Å². The summed E-state index contributed by atoms with van der Waals surface area (Å²) < 4.78 is 4.03. The molecule has 2 amide bonds. The van der Waals surface area contributed by atoms with Crippen LogP contribution in [0.5, 0.6) is 0 Å². The largest absolute Gasteiger partial charge is 0.334 e. The summed E-state index contributed by atoms with van der Waals surface area (Å²) in [6.07, 6.45) is 0.741. The number of benzene rings is 1. The number of aromatic nitrogens is 4. The Morgan fingerprint density at radius 3 is 2.47 bits per heavy atom. The Balaban J connectivity index is 1.92. The molecule has 3 aromatic rings. The second-order valence-corrected chi connectivity index (χ2v) is 7.42. The highest BCUT2D eigenvalue weighted by molar-refractivity contribution is 5.89. The zero-order valence-corrected chi connectivity index (χ0v) is 17.7. The molecule has 0 atom stereocenters. The zero-order chi connectivity index (χ0) is 21.8. The third-order valence-electron chi connectivity index (χ3n) is 4.86. The van der Waals surface area contributed by atoms with Crippen molar-refractivity contribution in [3.8, 4) is 0 Å². The molecular formula is C20H27N7O3. The lowest BCUT2D eigenvalue weighted by atomic mass is 10.2. The molecule has 0 radical (unpaired) electrons. The molecule has 0 aliphatic heterocycles. The van der Waals surface area contributed by atoms with E-state index in [1.54, 1.807) is 11.6 Å². The van der Waals surface area contributed by atoms with E-state index in [2.05, 4.69) is 15.6 Å². The van der Waals surface area contributed by atoms with Crippen molar-refractivity contribution in [2.75, 3.05) is 26.0 Å². The highest BCUT2D eigenvalue weighted by Crippen LogP contribution is 2.16. The summed E-state index contributed by atoms with van der Waals surface area (Å²) in [5.74, 6) is 0.229. The van der Waals surface area contributed by atoms with Crippen molar-refractivity contribution in [3.63, 3.8) is 0 Å². The van der Waals surface area contributed by atoms with Crippen LogP contribution < -0.4 is 21.9 Å². The highest BCUT2D eigenvalue weighted by atomic mass is 16.2. The topological polar surface area (TPSA) is 106 Å². The minimum absolute atomic E-state index is 0.229. The van der Waals surface area contributed by atoms with Gasteiger partial charge in [0.05, 0.1) is 0 Å². The number of urea groups is 1. The summed E-state index contributed by atoms with van der Waals surface area (Å²) in [7, 11) is 6.91. The van der Waals surface area contributed by atoms with Crippen molar-refractivity contribution in [2.45, 2.75) is 19.5 Å². The molecule has 0 unspecified atom stereocenters. The molecule has 1 aromatic carbocycles. The van der Waals surface area contributed by atoms with Crippen molar-refractivity contribution in [1.29, 1.82) is 0 Å². The molecule has 30 heavy (non-hydrogen) atoms. The van der Waals surface area contributed by atoms with E-state index >= 15 is 0 Å². The summed E-state index contributed by atoms with van der Waals surface area (Å²) in [6, 6.07) is 9.09. The molecule has 10 nitrogen and oxygen atoms in total. The van der Waals surface area contributed by atoms with Crippen LogP contribution in [0, 0.1) is 0 Å². The van der Waals surface area contributed by atoms with Gasteiger partial charge in [-0.3, -0.25) is 19.2 Å². The minimum atomic E-state index is -0.467. The van der Waals surface area contributed by atoms with Crippen LogP contribution in [0.4, 0.5) is 10.7 Å². The van der Waals surface area contributed by atoms with Crippen molar-refractivity contribution < 1.29 is 4.79 Å². The maximum atomic E-state index is 12.8. The molecule has 2 heterocycles. The summed E-state index contributed by atoms with van der Waals surface area (Å²) in [6.45, 7) is 1.62. The molecule has 0 saturated heterocycles. The summed E-state index contributed by atoms with van der Waals surface area (Å²) in [5.41, 5.74) is 0.583. The number of aryl methyl sites for hydroxylation is 2. The van der Waals surface area contributed by atoms with Gasteiger partial charge in [0.2, 0.25) is 5.95 Å². The fourth-order valence-corrected chi connectivity index (χ4v) is 3.23. The second kappa shape index (κ2) is 8.95. The lowest BCUT2D eigenvalue weighted by Gasteiger charge is -2.13. The number of hydrogen-bond acceptors (Lipinski definition) is 5. The second-order valence-electron chi connectivity index (χ2n) is 7.42. The first-order valence-electron chi connectivity index (χ1n) is 9.69. The number of amides is 2. The predicted molar refractivity (Wildman–Crippen MR) is 116 cm³/mol. The fraction of sp³-hybridized carbons (Fsp3) is 0.400. The third kappa shape index (κ3) is 4.43. The van der Waals surface area contributed by atoms with Gasteiger partial charge in [0, 0.05) is 27.2 Å². The average Bonchev–Trinajstić information content (AvgIpc) is 3.08. The van der Waals surface area contributed by atoms with Crippen LogP contribution in [0.3, 0.4) is 0 Å². The normalized spacial score (nSPS) is 11.2. The van der Waals surface area contributed by atoms with Crippen molar-refractivity contribution in [1.82, 2.24) is 28.9 Å². The Hall–Kier alpha value is -3.40.